The van der Waals surface area contributed by atoms with Crippen LogP contribution in [0.5, 0.6) is 0 Å². The first-order valence-corrected chi connectivity index (χ1v) is 8.91. The molecule has 1 aromatic carbocycles. The molecule has 0 spiro atoms. The quantitative estimate of drug-likeness (QED) is 0.584. The maximum atomic E-state index is 11.9. The Bertz CT molecular complexity index is 529. The molecule has 126 valence electrons. The summed E-state index contributed by atoms with van der Waals surface area (Å²) < 4.78 is 0.924. The van der Waals surface area contributed by atoms with Gasteiger partial charge in [0.1, 0.15) is 4.32 Å². The Hall–Kier alpha value is -0.880. The summed E-state index contributed by atoms with van der Waals surface area (Å²) in [6.07, 6.45) is 4.06. The molecule has 1 heterocycles. The number of hydrogen-bond donors (Lipinski definition) is 0. The number of carbonyl (C=O) groups is 1. The molecule has 0 saturated carbocycles. The van der Waals surface area contributed by atoms with E-state index in [1.807, 2.05) is 36.4 Å². The summed E-state index contributed by atoms with van der Waals surface area (Å²) >= 11 is 7.07. The first kappa shape index (κ1) is 20.2. The van der Waals surface area contributed by atoms with Crippen molar-refractivity contribution in [2.45, 2.75) is 6.42 Å². The lowest BCUT2D eigenvalue weighted by Crippen LogP contribution is -2.45. The third kappa shape index (κ3) is 7.48. The number of rotatable bonds is 5. The Kier molecular flexibility index (Phi) is 9.48. The predicted molar refractivity (Wildman–Crippen MR) is 106 cm³/mol. The van der Waals surface area contributed by atoms with E-state index >= 15 is 0 Å². The van der Waals surface area contributed by atoms with Crippen LogP contribution in [0.2, 0.25) is 0 Å². The van der Waals surface area contributed by atoms with Crippen molar-refractivity contribution in [3.05, 3.63) is 42.0 Å². The summed E-state index contributed by atoms with van der Waals surface area (Å²) in [5, 5.41) is 0. The van der Waals surface area contributed by atoms with Gasteiger partial charge in [-0.3, -0.25) is 4.79 Å². The van der Waals surface area contributed by atoms with Crippen molar-refractivity contribution < 1.29 is 4.79 Å². The molecule has 0 aliphatic carbocycles. The van der Waals surface area contributed by atoms with E-state index < -0.39 is 0 Å². The zero-order valence-electron chi connectivity index (χ0n) is 13.3. The van der Waals surface area contributed by atoms with Gasteiger partial charge < -0.3 is 9.80 Å². The predicted octanol–water partition coefficient (Wildman–Crippen LogP) is 3.35. The minimum absolute atomic E-state index is 0. The first-order chi connectivity index (χ1) is 10.6. The van der Waals surface area contributed by atoms with Crippen molar-refractivity contribution >= 4 is 52.6 Å². The van der Waals surface area contributed by atoms with E-state index in [1.54, 1.807) is 17.8 Å². The van der Waals surface area contributed by atoms with Crippen LogP contribution in [0, 0.1) is 0 Å². The number of nitrogens with zero attached hydrogens (tertiary/aromatic N) is 2. The lowest BCUT2D eigenvalue weighted by atomic mass is 10.2. The van der Waals surface area contributed by atoms with Crippen molar-refractivity contribution in [3.63, 3.8) is 0 Å². The Morgan fingerprint density at radius 1 is 1.22 bits per heavy atom. The lowest BCUT2D eigenvalue weighted by Gasteiger charge is -2.33. The monoisotopic (exact) mass is 370 g/mol. The molecule has 0 unspecified atom stereocenters. The van der Waals surface area contributed by atoms with Crippen molar-refractivity contribution in [1.82, 2.24) is 9.80 Å². The fourth-order valence-corrected chi connectivity index (χ4v) is 3.43. The van der Waals surface area contributed by atoms with Gasteiger partial charge in [-0.15, -0.1) is 12.4 Å². The molecule has 0 N–H and O–H groups in total. The van der Waals surface area contributed by atoms with Crippen LogP contribution in [0.15, 0.2) is 36.4 Å². The summed E-state index contributed by atoms with van der Waals surface area (Å²) in [4.78, 5) is 16.4. The molecular weight excluding hydrogens is 348 g/mol. The van der Waals surface area contributed by atoms with Crippen LogP contribution in [0.25, 0.3) is 6.08 Å². The number of benzene rings is 1. The number of hydrogen-bond acceptors (Lipinski definition) is 4. The lowest BCUT2D eigenvalue weighted by molar-refractivity contribution is -0.114. The third-order valence-corrected chi connectivity index (χ3v) is 5.12. The number of thiocarbonyl (C=S) groups is 1. The van der Waals surface area contributed by atoms with Gasteiger partial charge in [-0.2, -0.15) is 0 Å². The van der Waals surface area contributed by atoms with Gasteiger partial charge in [-0.05, 0) is 18.7 Å². The van der Waals surface area contributed by atoms with Gasteiger partial charge in [0.2, 0.25) is 0 Å². The highest BCUT2D eigenvalue weighted by Gasteiger charge is 2.16. The number of ketones is 1. The Labute approximate surface area is 154 Å². The average Bonchev–Trinajstić information content (AvgIpc) is 2.54. The minimum atomic E-state index is 0. The Morgan fingerprint density at radius 2 is 1.87 bits per heavy atom. The molecule has 0 amide bonds. The molecule has 1 fully saturated rings. The van der Waals surface area contributed by atoms with Crippen molar-refractivity contribution in [2.24, 2.45) is 0 Å². The Balaban J connectivity index is 0.00000264. The highest BCUT2D eigenvalue weighted by molar-refractivity contribution is 8.22. The molecule has 1 aromatic rings. The molecule has 3 nitrogen and oxygen atoms in total. The summed E-state index contributed by atoms with van der Waals surface area (Å²) in [7, 11) is 2.13. The smallest absolute Gasteiger partial charge is 0.156 e. The van der Waals surface area contributed by atoms with E-state index in [1.165, 1.54) is 0 Å². The number of likely N-dealkylation sites (N-methyl/N-ethyl adjacent to an activating group) is 1. The Morgan fingerprint density at radius 3 is 2.52 bits per heavy atom. The molecule has 6 heteroatoms. The van der Waals surface area contributed by atoms with Gasteiger partial charge >= 0.3 is 0 Å². The number of allylic oxidation sites excluding steroid dienone is 1. The fraction of sp³-hybridized carbons (Fsp3) is 0.412. The molecule has 0 radical (unpaired) electrons. The molecule has 1 aliphatic rings. The highest BCUT2D eigenvalue weighted by atomic mass is 35.5. The topological polar surface area (TPSA) is 23.6 Å². The molecule has 1 saturated heterocycles. The van der Waals surface area contributed by atoms with Crippen LogP contribution in [0.1, 0.15) is 12.0 Å². The summed E-state index contributed by atoms with van der Waals surface area (Å²) in [6, 6.07) is 9.88. The number of halogens is 1. The van der Waals surface area contributed by atoms with E-state index in [-0.39, 0.29) is 18.2 Å². The number of carbonyl (C=O) groups excluding carboxylic acids is 1. The first-order valence-electron chi connectivity index (χ1n) is 7.51. The van der Waals surface area contributed by atoms with Crippen LogP contribution in [0.3, 0.4) is 0 Å². The largest absolute Gasteiger partial charge is 0.355 e. The molecule has 23 heavy (non-hydrogen) atoms. The zero-order chi connectivity index (χ0) is 15.8. The van der Waals surface area contributed by atoms with Crippen molar-refractivity contribution in [2.75, 3.05) is 39.0 Å². The van der Waals surface area contributed by atoms with Crippen LogP contribution in [0.4, 0.5) is 0 Å². The normalized spacial score (nSPS) is 15.4. The van der Waals surface area contributed by atoms with Gasteiger partial charge in [0.05, 0.1) is 0 Å². The number of thioether (sulfide) groups is 1. The zero-order valence-corrected chi connectivity index (χ0v) is 15.8. The van der Waals surface area contributed by atoms with E-state index in [2.05, 4.69) is 16.8 Å². The average molecular weight is 371 g/mol. The highest BCUT2D eigenvalue weighted by Crippen LogP contribution is 2.13. The maximum absolute atomic E-state index is 11.9. The standard InChI is InChI=1S/C17H22N2OS2.ClH/c1-18-10-12-19(13-11-18)17(21)22-14-9-16(20)8-7-15-5-3-2-4-6-15;/h2-8H,9-14H2,1H3;1H/b8-7+;. The fourth-order valence-electron chi connectivity index (χ4n) is 2.16. The second-order valence-electron chi connectivity index (χ2n) is 5.37. The van der Waals surface area contributed by atoms with Crippen LogP contribution >= 0.6 is 36.4 Å². The molecular formula is C17H23ClN2OS2. The second kappa shape index (κ2) is 10.8. The minimum Gasteiger partial charge on any atom is -0.355 e. The van der Waals surface area contributed by atoms with E-state index in [9.17, 15) is 4.79 Å². The molecule has 0 atom stereocenters. The maximum Gasteiger partial charge on any atom is 0.156 e. The van der Waals surface area contributed by atoms with Gasteiger partial charge in [-0.1, -0.05) is 60.4 Å². The molecule has 2 rings (SSSR count). The SMILES string of the molecule is CN1CCN(C(=S)SCCC(=O)/C=C/c2ccccc2)CC1.Cl. The van der Waals surface area contributed by atoms with Gasteiger partial charge in [0.15, 0.2) is 5.78 Å². The van der Waals surface area contributed by atoms with Crippen LogP contribution < -0.4 is 0 Å². The van der Waals surface area contributed by atoms with Crippen molar-refractivity contribution in [3.8, 4) is 0 Å². The van der Waals surface area contributed by atoms with E-state index in [0.717, 1.165) is 41.8 Å². The molecule has 1 aliphatic heterocycles. The van der Waals surface area contributed by atoms with E-state index in [4.69, 9.17) is 12.2 Å². The summed E-state index contributed by atoms with van der Waals surface area (Å²) in [5.41, 5.74) is 1.05. The van der Waals surface area contributed by atoms with Crippen LogP contribution in [-0.2, 0) is 4.79 Å². The van der Waals surface area contributed by atoms with Gasteiger partial charge in [0, 0.05) is 38.4 Å². The number of piperazine rings is 1. The van der Waals surface area contributed by atoms with Gasteiger partial charge in [0.25, 0.3) is 0 Å². The molecule has 0 bridgehead atoms. The summed E-state index contributed by atoms with van der Waals surface area (Å²) in [6.45, 7) is 4.09. The van der Waals surface area contributed by atoms with Crippen LogP contribution in [-0.4, -0.2) is 58.9 Å². The van der Waals surface area contributed by atoms with Crippen molar-refractivity contribution in [1.29, 1.82) is 0 Å². The van der Waals surface area contributed by atoms with Gasteiger partial charge in [-0.25, -0.2) is 0 Å². The second-order valence-corrected chi connectivity index (χ2v) is 7.09. The third-order valence-electron chi connectivity index (χ3n) is 3.60. The van der Waals surface area contributed by atoms with E-state index in [0.29, 0.717) is 6.42 Å². The molecule has 0 aromatic heterocycles. The summed E-state index contributed by atoms with van der Waals surface area (Å²) in [5.74, 6) is 0.904.